The Kier molecular flexibility index (Phi) is 3.43. The maximum atomic E-state index is 5.59. The van der Waals surface area contributed by atoms with Crippen LogP contribution in [0.4, 0.5) is 0 Å². The van der Waals surface area contributed by atoms with Crippen molar-refractivity contribution in [3.05, 3.63) is 29.8 Å². The van der Waals surface area contributed by atoms with Crippen molar-refractivity contribution in [2.75, 3.05) is 27.4 Å². The van der Waals surface area contributed by atoms with Crippen LogP contribution in [0.2, 0.25) is 0 Å². The second kappa shape index (κ2) is 4.82. The van der Waals surface area contributed by atoms with Gasteiger partial charge >= 0.3 is 5.97 Å². The van der Waals surface area contributed by atoms with Gasteiger partial charge in [-0.1, -0.05) is 0 Å². The van der Waals surface area contributed by atoms with Crippen LogP contribution in [0, 0.1) is 0 Å². The van der Waals surface area contributed by atoms with E-state index in [-0.39, 0.29) is 0 Å². The number of benzene rings is 1. The van der Waals surface area contributed by atoms with Crippen LogP contribution in [-0.4, -0.2) is 27.4 Å². The molecule has 0 bridgehead atoms. The second-order valence-corrected chi connectivity index (χ2v) is 3.54. The minimum atomic E-state index is -1.05. The molecule has 0 atom stereocenters. The molecule has 1 aliphatic heterocycles. The van der Waals surface area contributed by atoms with Gasteiger partial charge in [-0.05, 0) is 30.7 Å². The molecule has 4 heteroatoms. The molecule has 16 heavy (non-hydrogen) atoms. The summed E-state index contributed by atoms with van der Waals surface area (Å²) in [6.45, 7) is 1.28. The molecular weight excluding hydrogens is 208 g/mol. The molecule has 2 rings (SSSR count). The highest BCUT2D eigenvalue weighted by atomic mass is 16.9. The second-order valence-electron chi connectivity index (χ2n) is 3.54. The summed E-state index contributed by atoms with van der Waals surface area (Å²) in [6.07, 6.45) is 0.890. The zero-order valence-corrected chi connectivity index (χ0v) is 9.56. The van der Waals surface area contributed by atoms with Crippen LogP contribution in [0.1, 0.15) is 12.0 Å². The predicted octanol–water partition coefficient (Wildman–Crippen LogP) is 1.89. The van der Waals surface area contributed by atoms with Gasteiger partial charge in [-0.15, -0.1) is 0 Å². The van der Waals surface area contributed by atoms with Crippen LogP contribution in [-0.2, 0) is 20.2 Å². The highest BCUT2D eigenvalue weighted by molar-refractivity contribution is 5.29. The Bertz CT molecular complexity index is 327. The van der Waals surface area contributed by atoms with Crippen LogP contribution < -0.4 is 4.74 Å². The van der Waals surface area contributed by atoms with Crippen molar-refractivity contribution in [2.24, 2.45) is 0 Å². The van der Waals surface area contributed by atoms with Crippen LogP contribution in [0.5, 0.6) is 5.75 Å². The third-order valence-electron chi connectivity index (χ3n) is 2.59. The maximum Gasteiger partial charge on any atom is 0.311 e. The lowest BCUT2D eigenvalue weighted by Gasteiger charge is -2.35. The van der Waals surface area contributed by atoms with E-state index in [0.29, 0.717) is 13.2 Å². The largest absolute Gasteiger partial charge is 0.497 e. The Labute approximate surface area is 95.1 Å². The van der Waals surface area contributed by atoms with Gasteiger partial charge in [0.15, 0.2) is 0 Å². The first-order chi connectivity index (χ1) is 7.80. The van der Waals surface area contributed by atoms with Gasteiger partial charge in [-0.2, -0.15) is 0 Å². The zero-order chi connectivity index (χ0) is 11.4. The summed E-state index contributed by atoms with van der Waals surface area (Å²) in [5, 5.41) is 0. The van der Waals surface area contributed by atoms with Gasteiger partial charge < -0.3 is 18.9 Å². The first-order valence-electron chi connectivity index (χ1n) is 5.28. The molecule has 0 radical (unpaired) electrons. The Hall–Kier alpha value is -1.10. The minimum Gasteiger partial charge on any atom is -0.497 e. The van der Waals surface area contributed by atoms with E-state index in [1.54, 1.807) is 14.2 Å². The molecule has 0 amide bonds. The Morgan fingerprint density at radius 2 is 1.69 bits per heavy atom. The fraction of sp³-hybridized carbons (Fsp3) is 0.500. The van der Waals surface area contributed by atoms with E-state index in [1.807, 2.05) is 24.3 Å². The molecule has 0 spiro atoms. The molecule has 88 valence electrons. The van der Waals surface area contributed by atoms with Crippen LogP contribution in [0.15, 0.2) is 24.3 Å². The van der Waals surface area contributed by atoms with Gasteiger partial charge in [0.05, 0.1) is 20.3 Å². The topological polar surface area (TPSA) is 36.9 Å². The molecule has 0 unspecified atom stereocenters. The smallest absolute Gasteiger partial charge is 0.311 e. The lowest BCUT2D eigenvalue weighted by molar-refractivity contribution is -0.403. The molecule has 1 heterocycles. The summed E-state index contributed by atoms with van der Waals surface area (Å²) < 4.78 is 21.6. The molecule has 0 aromatic heterocycles. The number of hydrogen-bond acceptors (Lipinski definition) is 4. The Morgan fingerprint density at radius 3 is 2.19 bits per heavy atom. The fourth-order valence-corrected chi connectivity index (χ4v) is 1.71. The number of ether oxygens (including phenoxy) is 4. The number of hydrogen-bond donors (Lipinski definition) is 0. The van der Waals surface area contributed by atoms with Crippen LogP contribution in [0.3, 0.4) is 0 Å². The highest BCUT2D eigenvalue weighted by Gasteiger charge is 2.37. The number of methoxy groups -OCH3 is 2. The third-order valence-corrected chi connectivity index (χ3v) is 2.59. The zero-order valence-electron chi connectivity index (χ0n) is 9.56. The van der Waals surface area contributed by atoms with Crippen LogP contribution in [0.25, 0.3) is 0 Å². The maximum absolute atomic E-state index is 5.59. The van der Waals surface area contributed by atoms with Gasteiger partial charge in [-0.3, -0.25) is 0 Å². The molecular formula is C12H16O4. The molecule has 0 N–H and O–H groups in total. The van der Waals surface area contributed by atoms with Crippen molar-refractivity contribution in [3.8, 4) is 5.75 Å². The Morgan fingerprint density at radius 1 is 1.06 bits per heavy atom. The van der Waals surface area contributed by atoms with E-state index in [1.165, 1.54) is 0 Å². The summed E-state index contributed by atoms with van der Waals surface area (Å²) in [5.74, 6) is -0.254. The quantitative estimate of drug-likeness (QED) is 0.785. The molecule has 1 aliphatic rings. The molecule has 1 fully saturated rings. The van der Waals surface area contributed by atoms with Gasteiger partial charge in [0.1, 0.15) is 5.75 Å². The third kappa shape index (κ3) is 2.04. The van der Waals surface area contributed by atoms with Crippen molar-refractivity contribution in [2.45, 2.75) is 12.4 Å². The number of rotatable bonds is 3. The summed E-state index contributed by atoms with van der Waals surface area (Å²) in [6, 6.07) is 7.48. The first kappa shape index (κ1) is 11.4. The predicted molar refractivity (Wildman–Crippen MR) is 58.2 cm³/mol. The van der Waals surface area contributed by atoms with Gasteiger partial charge in [0.25, 0.3) is 0 Å². The summed E-state index contributed by atoms with van der Waals surface area (Å²) in [7, 11) is 3.21. The summed E-state index contributed by atoms with van der Waals surface area (Å²) >= 11 is 0. The van der Waals surface area contributed by atoms with E-state index in [9.17, 15) is 0 Å². The van der Waals surface area contributed by atoms with Gasteiger partial charge in [0.2, 0.25) is 0 Å². The minimum absolute atomic E-state index is 0.639. The average Bonchev–Trinajstić information content (AvgIpc) is 2.39. The lowest BCUT2D eigenvalue weighted by atomic mass is 10.1. The molecule has 0 aliphatic carbocycles. The summed E-state index contributed by atoms with van der Waals surface area (Å²) in [4.78, 5) is 0. The lowest BCUT2D eigenvalue weighted by Crippen LogP contribution is -2.39. The normalized spacial score (nSPS) is 19.4. The SMILES string of the molecule is COc1ccc(C2(OC)OCCCO2)cc1. The van der Waals surface area contributed by atoms with Gasteiger partial charge in [-0.25, -0.2) is 0 Å². The van der Waals surface area contributed by atoms with E-state index in [2.05, 4.69) is 0 Å². The fourth-order valence-electron chi connectivity index (χ4n) is 1.71. The molecule has 1 aromatic carbocycles. The highest BCUT2D eigenvalue weighted by Crippen LogP contribution is 2.32. The van der Waals surface area contributed by atoms with Crippen molar-refractivity contribution in [3.63, 3.8) is 0 Å². The standard InChI is InChI=1S/C12H16O4/c1-13-11-6-4-10(5-7-11)12(14-2)15-8-3-9-16-12/h4-7H,3,8-9H2,1-2H3. The van der Waals surface area contributed by atoms with Crippen molar-refractivity contribution in [1.82, 2.24) is 0 Å². The summed E-state index contributed by atoms with van der Waals surface area (Å²) in [5.41, 5.74) is 0.843. The molecule has 0 saturated carbocycles. The molecule has 1 aromatic rings. The van der Waals surface area contributed by atoms with Crippen molar-refractivity contribution in [1.29, 1.82) is 0 Å². The first-order valence-corrected chi connectivity index (χ1v) is 5.28. The van der Waals surface area contributed by atoms with E-state index in [0.717, 1.165) is 17.7 Å². The van der Waals surface area contributed by atoms with E-state index >= 15 is 0 Å². The molecule has 1 saturated heterocycles. The average molecular weight is 224 g/mol. The Balaban J connectivity index is 2.24. The van der Waals surface area contributed by atoms with Crippen molar-refractivity contribution < 1.29 is 18.9 Å². The van der Waals surface area contributed by atoms with Crippen molar-refractivity contribution >= 4 is 0 Å². The molecule has 4 nitrogen and oxygen atoms in total. The monoisotopic (exact) mass is 224 g/mol. The van der Waals surface area contributed by atoms with Crippen LogP contribution >= 0.6 is 0 Å². The van der Waals surface area contributed by atoms with E-state index in [4.69, 9.17) is 18.9 Å². The van der Waals surface area contributed by atoms with E-state index < -0.39 is 5.97 Å². The van der Waals surface area contributed by atoms with Gasteiger partial charge in [0, 0.05) is 12.7 Å².